The Kier molecular flexibility index (Phi) is 5.90. The lowest BCUT2D eigenvalue weighted by molar-refractivity contribution is 0.167. The van der Waals surface area contributed by atoms with E-state index in [1.807, 2.05) is 60.7 Å². The molecule has 6 nitrogen and oxygen atoms in total. The Balaban J connectivity index is 1.46. The Labute approximate surface area is 151 Å². The van der Waals surface area contributed by atoms with Crippen molar-refractivity contribution >= 4 is 11.8 Å². The Hall–Kier alpha value is -3.25. The van der Waals surface area contributed by atoms with Gasteiger partial charge in [0.15, 0.2) is 5.82 Å². The van der Waals surface area contributed by atoms with E-state index in [1.165, 1.54) is 0 Å². The molecular weight excluding hydrogens is 328 g/mol. The van der Waals surface area contributed by atoms with Crippen LogP contribution < -0.4 is 10.6 Å². The smallest absolute Gasteiger partial charge is 0.320 e. The predicted molar refractivity (Wildman–Crippen MR) is 101 cm³/mol. The molecule has 3 rings (SSSR count). The molecule has 0 aliphatic carbocycles. The Bertz CT molecular complexity index is 823. The highest BCUT2D eigenvalue weighted by molar-refractivity contribution is 5.88. The number of benzene rings is 2. The first-order valence-electron chi connectivity index (χ1n) is 8.39. The van der Waals surface area contributed by atoms with Crippen molar-refractivity contribution in [2.24, 2.45) is 0 Å². The summed E-state index contributed by atoms with van der Waals surface area (Å²) in [5, 5.41) is 23.5. The second-order valence-electron chi connectivity index (χ2n) is 5.77. The van der Waals surface area contributed by atoms with Gasteiger partial charge in [-0.05, 0) is 24.1 Å². The average Bonchev–Trinajstić information content (AvgIpc) is 2.70. The van der Waals surface area contributed by atoms with Gasteiger partial charge in [0, 0.05) is 12.1 Å². The minimum Gasteiger partial charge on any atom is -0.388 e. The fraction of sp³-hybridized carbons (Fsp3) is 0.150. The molecule has 0 bridgehead atoms. The van der Waals surface area contributed by atoms with Crippen molar-refractivity contribution in [1.82, 2.24) is 15.5 Å². The number of nitrogens with one attached hydrogen (secondary N) is 2. The number of rotatable bonds is 6. The summed E-state index contributed by atoms with van der Waals surface area (Å²) in [5.74, 6) is 0.366. The van der Waals surface area contributed by atoms with Crippen LogP contribution in [0, 0.1) is 0 Å². The average molecular weight is 348 g/mol. The van der Waals surface area contributed by atoms with Gasteiger partial charge < -0.3 is 10.4 Å². The predicted octanol–water partition coefficient (Wildman–Crippen LogP) is 3.39. The van der Waals surface area contributed by atoms with Crippen molar-refractivity contribution in [3.63, 3.8) is 0 Å². The van der Waals surface area contributed by atoms with Crippen molar-refractivity contribution in [3.05, 3.63) is 78.4 Å². The minimum absolute atomic E-state index is 0.345. The van der Waals surface area contributed by atoms with Gasteiger partial charge in [-0.2, -0.15) is 0 Å². The van der Waals surface area contributed by atoms with Gasteiger partial charge in [0.1, 0.15) is 0 Å². The van der Waals surface area contributed by atoms with Crippen molar-refractivity contribution in [2.75, 3.05) is 11.9 Å². The van der Waals surface area contributed by atoms with E-state index in [0.717, 1.165) is 16.8 Å². The normalized spacial score (nSPS) is 11.6. The number of aliphatic hydroxyl groups is 1. The lowest BCUT2D eigenvalue weighted by Crippen LogP contribution is -2.30. The van der Waals surface area contributed by atoms with Crippen molar-refractivity contribution < 1.29 is 9.90 Å². The van der Waals surface area contributed by atoms with Crippen LogP contribution in [-0.2, 0) is 0 Å². The number of carbonyl (C=O) groups is 1. The van der Waals surface area contributed by atoms with E-state index >= 15 is 0 Å². The molecule has 3 aromatic rings. The highest BCUT2D eigenvalue weighted by Gasteiger charge is 2.08. The molecule has 0 spiro atoms. The number of aliphatic hydroxyl groups excluding tert-OH is 1. The van der Waals surface area contributed by atoms with E-state index in [2.05, 4.69) is 20.8 Å². The molecule has 2 amide bonds. The highest BCUT2D eigenvalue weighted by atomic mass is 16.3. The number of anilines is 1. The number of aromatic nitrogens is 2. The molecule has 2 aromatic carbocycles. The molecule has 0 radical (unpaired) electrons. The van der Waals surface area contributed by atoms with Gasteiger partial charge in [-0.15, -0.1) is 10.2 Å². The monoisotopic (exact) mass is 348 g/mol. The Morgan fingerprint density at radius 1 is 0.923 bits per heavy atom. The van der Waals surface area contributed by atoms with Crippen molar-refractivity contribution in [1.29, 1.82) is 0 Å². The highest BCUT2D eigenvalue weighted by Crippen LogP contribution is 2.16. The standard InChI is InChI=1S/C20H20N4O2/c25-18(16-9-5-2-6-10-16)13-14-21-20(26)22-19-12-11-17(23-24-19)15-7-3-1-4-8-15/h1-12,18,25H,13-14H2,(H2,21,22,24,26). The fourth-order valence-corrected chi connectivity index (χ4v) is 2.49. The van der Waals surface area contributed by atoms with E-state index in [4.69, 9.17) is 0 Å². The number of amides is 2. The molecule has 3 N–H and O–H groups in total. The number of nitrogens with zero attached hydrogens (tertiary/aromatic N) is 2. The molecule has 0 fully saturated rings. The second kappa shape index (κ2) is 8.73. The lowest BCUT2D eigenvalue weighted by Gasteiger charge is -2.12. The van der Waals surface area contributed by atoms with Gasteiger partial charge in [-0.3, -0.25) is 5.32 Å². The third kappa shape index (κ3) is 4.87. The van der Waals surface area contributed by atoms with Crippen molar-refractivity contribution in [2.45, 2.75) is 12.5 Å². The Morgan fingerprint density at radius 2 is 1.62 bits per heavy atom. The van der Waals surface area contributed by atoms with Gasteiger partial charge in [0.2, 0.25) is 0 Å². The molecule has 0 saturated carbocycles. The number of hydrogen-bond donors (Lipinski definition) is 3. The van der Waals surface area contributed by atoms with Crippen LogP contribution in [0.5, 0.6) is 0 Å². The second-order valence-corrected chi connectivity index (χ2v) is 5.77. The summed E-state index contributed by atoms with van der Waals surface area (Å²) in [6, 6.07) is 22.2. The van der Waals surface area contributed by atoms with Gasteiger partial charge in [0.25, 0.3) is 0 Å². The third-order valence-electron chi connectivity index (χ3n) is 3.86. The van der Waals surface area contributed by atoms with Crippen LogP contribution in [0.3, 0.4) is 0 Å². The van der Waals surface area contributed by atoms with Gasteiger partial charge in [0.05, 0.1) is 11.8 Å². The van der Waals surface area contributed by atoms with E-state index in [-0.39, 0.29) is 6.03 Å². The number of carbonyl (C=O) groups excluding carboxylic acids is 1. The molecule has 6 heteroatoms. The van der Waals surface area contributed by atoms with Gasteiger partial charge in [-0.1, -0.05) is 60.7 Å². The van der Waals surface area contributed by atoms with Crippen LogP contribution in [0.15, 0.2) is 72.8 Å². The van der Waals surface area contributed by atoms with Crippen LogP contribution in [0.1, 0.15) is 18.1 Å². The van der Waals surface area contributed by atoms with Gasteiger partial charge >= 0.3 is 6.03 Å². The first-order valence-corrected chi connectivity index (χ1v) is 8.39. The van der Waals surface area contributed by atoms with E-state index in [0.29, 0.717) is 18.8 Å². The Morgan fingerprint density at radius 3 is 2.27 bits per heavy atom. The molecule has 1 aromatic heterocycles. The molecule has 1 atom stereocenters. The molecule has 26 heavy (non-hydrogen) atoms. The zero-order chi connectivity index (χ0) is 18.2. The lowest BCUT2D eigenvalue weighted by atomic mass is 10.1. The maximum Gasteiger partial charge on any atom is 0.320 e. The van der Waals surface area contributed by atoms with E-state index < -0.39 is 6.10 Å². The first kappa shape index (κ1) is 17.6. The summed E-state index contributed by atoms with van der Waals surface area (Å²) in [6.45, 7) is 0.345. The zero-order valence-electron chi connectivity index (χ0n) is 14.2. The molecule has 132 valence electrons. The number of hydrogen-bond acceptors (Lipinski definition) is 4. The summed E-state index contributed by atoms with van der Waals surface area (Å²) >= 11 is 0. The molecule has 1 heterocycles. The van der Waals surface area contributed by atoms with Crippen LogP contribution in [0.25, 0.3) is 11.3 Å². The van der Waals surface area contributed by atoms with Crippen LogP contribution >= 0.6 is 0 Å². The minimum atomic E-state index is -0.610. The van der Waals surface area contributed by atoms with Crippen LogP contribution in [-0.4, -0.2) is 27.9 Å². The summed E-state index contributed by atoms with van der Waals surface area (Å²) in [6.07, 6.45) is -0.183. The largest absolute Gasteiger partial charge is 0.388 e. The van der Waals surface area contributed by atoms with E-state index in [1.54, 1.807) is 12.1 Å². The van der Waals surface area contributed by atoms with Gasteiger partial charge in [-0.25, -0.2) is 4.79 Å². The molecular formula is C20H20N4O2. The fourth-order valence-electron chi connectivity index (χ4n) is 2.49. The summed E-state index contributed by atoms with van der Waals surface area (Å²) in [5.41, 5.74) is 2.53. The summed E-state index contributed by atoms with van der Waals surface area (Å²) in [7, 11) is 0. The third-order valence-corrected chi connectivity index (χ3v) is 3.86. The zero-order valence-corrected chi connectivity index (χ0v) is 14.2. The van der Waals surface area contributed by atoms with Crippen molar-refractivity contribution in [3.8, 4) is 11.3 Å². The maximum atomic E-state index is 11.9. The topological polar surface area (TPSA) is 87.1 Å². The molecule has 0 aliphatic heterocycles. The molecule has 0 saturated heterocycles. The molecule has 1 unspecified atom stereocenters. The van der Waals surface area contributed by atoms with E-state index in [9.17, 15) is 9.90 Å². The quantitative estimate of drug-likeness (QED) is 0.637. The number of urea groups is 1. The van der Waals surface area contributed by atoms with Crippen LogP contribution in [0.4, 0.5) is 10.6 Å². The summed E-state index contributed by atoms with van der Waals surface area (Å²) in [4.78, 5) is 11.9. The summed E-state index contributed by atoms with van der Waals surface area (Å²) < 4.78 is 0. The SMILES string of the molecule is O=C(NCCC(O)c1ccccc1)Nc1ccc(-c2ccccc2)nn1. The van der Waals surface area contributed by atoms with Crippen LogP contribution in [0.2, 0.25) is 0 Å². The first-order chi connectivity index (χ1) is 12.7. The maximum absolute atomic E-state index is 11.9. The molecule has 0 aliphatic rings.